The van der Waals surface area contributed by atoms with Gasteiger partial charge in [0.15, 0.2) is 5.13 Å². The Morgan fingerprint density at radius 3 is 2.34 bits per heavy atom. The highest BCUT2D eigenvalue weighted by molar-refractivity contribution is 7.89. The molecule has 8 nitrogen and oxygen atoms in total. The summed E-state index contributed by atoms with van der Waals surface area (Å²) in [7, 11) is -1.95. The SMILES string of the molecule is CCN(CC)CCN(C(=O)c1ccc(S(=O)(=O)N2CCC(C)CC2)cc1)c1nc2ccc(OC)cc2s1.Cl. The van der Waals surface area contributed by atoms with E-state index in [-0.39, 0.29) is 23.2 Å². The van der Waals surface area contributed by atoms with Crippen LogP contribution in [0.1, 0.15) is 44.0 Å². The zero-order chi connectivity index (χ0) is 26.6. The third-order valence-corrected chi connectivity index (χ3v) is 10.0. The van der Waals surface area contributed by atoms with Crippen LogP contribution in [0.5, 0.6) is 5.75 Å². The molecule has 0 aliphatic carbocycles. The number of aromatic nitrogens is 1. The van der Waals surface area contributed by atoms with Crippen LogP contribution in [0, 0.1) is 5.92 Å². The molecule has 0 unspecified atom stereocenters. The Kier molecular flexibility index (Phi) is 10.5. The Labute approximate surface area is 236 Å². The Morgan fingerprint density at radius 1 is 1.08 bits per heavy atom. The number of nitrogens with zero attached hydrogens (tertiary/aromatic N) is 4. The molecule has 3 aromatic rings. The number of sulfonamides is 1. The number of benzene rings is 2. The fourth-order valence-corrected chi connectivity index (χ4v) is 6.99. The molecule has 4 rings (SSSR count). The lowest BCUT2D eigenvalue weighted by Crippen LogP contribution is -2.39. The average Bonchev–Trinajstić information content (AvgIpc) is 3.34. The van der Waals surface area contributed by atoms with E-state index >= 15 is 0 Å². The third-order valence-electron chi connectivity index (χ3n) is 7.08. The fourth-order valence-electron chi connectivity index (χ4n) is 4.50. The predicted molar refractivity (Wildman–Crippen MR) is 156 cm³/mol. The van der Waals surface area contributed by atoms with Gasteiger partial charge in [-0.2, -0.15) is 4.31 Å². The molecule has 208 valence electrons. The minimum Gasteiger partial charge on any atom is -0.497 e. The van der Waals surface area contributed by atoms with Gasteiger partial charge in [-0.05, 0) is 74.3 Å². The van der Waals surface area contributed by atoms with E-state index in [1.54, 1.807) is 40.6 Å². The topological polar surface area (TPSA) is 83.1 Å². The molecule has 0 radical (unpaired) electrons. The first-order valence-corrected chi connectivity index (χ1v) is 15.1. The number of hydrogen-bond donors (Lipinski definition) is 0. The maximum absolute atomic E-state index is 13.7. The van der Waals surface area contributed by atoms with Crippen LogP contribution < -0.4 is 9.64 Å². The molecule has 11 heteroatoms. The number of likely N-dealkylation sites (N-methyl/N-ethyl adjacent to an activating group) is 1. The summed E-state index contributed by atoms with van der Waals surface area (Å²) >= 11 is 1.44. The highest BCUT2D eigenvalue weighted by atomic mass is 35.5. The molecule has 0 spiro atoms. The maximum Gasteiger partial charge on any atom is 0.260 e. The molecule has 0 atom stereocenters. The summed E-state index contributed by atoms with van der Waals surface area (Å²) < 4.78 is 34.1. The molecule has 1 aromatic heterocycles. The summed E-state index contributed by atoms with van der Waals surface area (Å²) in [5.41, 5.74) is 1.24. The summed E-state index contributed by atoms with van der Waals surface area (Å²) in [4.78, 5) is 22.6. The van der Waals surface area contributed by atoms with Gasteiger partial charge in [0.25, 0.3) is 5.91 Å². The molecule has 0 bridgehead atoms. The van der Waals surface area contributed by atoms with Crippen molar-refractivity contribution in [2.24, 2.45) is 5.92 Å². The molecular formula is C27H37ClN4O4S2. The van der Waals surface area contributed by atoms with Crippen molar-refractivity contribution in [2.75, 3.05) is 51.3 Å². The molecular weight excluding hydrogens is 544 g/mol. The number of halogens is 1. The Balaban J connectivity index is 0.00000400. The lowest BCUT2D eigenvalue weighted by atomic mass is 10.0. The van der Waals surface area contributed by atoms with Gasteiger partial charge in [0.05, 0.1) is 22.2 Å². The van der Waals surface area contributed by atoms with E-state index in [4.69, 9.17) is 9.72 Å². The minimum atomic E-state index is -3.57. The van der Waals surface area contributed by atoms with Crippen molar-refractivity contribution in [1.29, 1.82) is 0 Å². The largest absolute Gasteiger partial charge is 0.497 e. The van der Waals surface area contributed by atoms with Crippen molar-refractivity contribution in [3.05, 3.63) is 48.0 Å². The van der Waals surface area contributed by atoms with Gasteiger partial charge in [0.2, 0.25) is 10.0 Å². The van der Waals surface area contributed by atoms with Crippen molar-refractivity contribution in [1.82, 2.24) is 14.2 Å². The van der Waals surface area contributed by atoms with Crippen LogP contribution >= 0.6 is 23.7 Å². The number of carbonyl (C=O) groups excluding carboxylic acids is 1. The highest BCUT2D eigenvalue weighted by Crippen LogP contribution is 2.32. The van der Waals surface area contributed by atoms with E-state index in [2.05, 4.69) is 25.7 Å². The van der Waals surface area contributed by atoms with Crippen molar-refractivity contribution >= 4 is 55.0 Å². The van der Waals surface area contributed by atoms with Crippen molar-refractivity contribution in [3.63, 3.8) is 0 Å². The van der Waals surface area contributed by atoms with Crippen molar-refractivity contribution in [2.45, 2.75) is 38.5 Å². The second kappa shape index (κ2) is 13.2. The van der Waals surface area contributed by atoms with Gasteiger partial charge in [0, 0.05) is 31.7 Å². The first-order valence-electron chi connectivity index (χ1n) is 12.9. The van der Waals surface area contributed by atoms with Crippen LogP contribution in [-0.2, 0) is 10.0 Å². The zero-order valence-corrected chi connectivity index (χ0v) is 24.9. The van der Waals surface area contributed by atoms with Crippen LogP contribution in [0.15, 0.2) is 47.4 Å². The van der Waals surface area contributed by atoms with Crippen molar-refractivity contribution in [3.8, 4) is 5.75 Å². The van der Waals surface area contributed by atoms with E-state index in [0.717, 1.165) is 41.9 Å². The minimum absolute atomic E-state index is 0. The number of rotatable bonds is 10. The fraction of sp³-hybridized carbons (Fsp3) is 0.481. The van der Waals surface area contributed by atoms with Gasteiger partial charge in [-0.25, -0.2) is 13.4 Å². The van der Waals surface area contributed by atoms with Gasteiger partial charge in [-0.3, -0.25) is 9.69 Å². The first kappa shape index (κ1) is 30.3. The smallest absolute Gasteiger partial charge is 0.260 e. The highest BCUT2D eigenvalue weighted by Gasteiger charge is 2.29. The number of hydrogen-bond acceptors (Lipinski definition) is 7. The third kappa shape index (κ3) is 6.66. The molecule has 2 heterocycles. The van der Waals surface area contributed by atoms with Crippen LogP contribution in [0.3, 0.4) is 0 Å². The lowest BCUT2D eigenvalue weighted by Gasteiger charge is -2.29. The second-order valence-electron chi connectivity index (χ2n) is 9.42. The number of amides is 1. The van der Waals surface area contributed by atoms with Crippen molar-refractivity contribution < 1.29 is 17.9 Å². The summed E-state index contributed by atoms with van der Waals surface area (Å²) in [6.45, 7) is 10.4. The number of piperidine rings is 1. The normalized spacial score (nSPS) is 15.0. The quantitative estimate of drug-likeness (QED) is 0.330. The van der Waals surface area contributed by atoms with Gasteiger partial charge >= 0.3 is 0 Å². The number of anilines is 1. The standard InChI is InChI=1S/C27H36N4O4S2.ClH/c1-5-29(6-2)17-18-31(27-28-24-12-9-22(35-4)19-25(24)36-27)26(32)21-7-10-23(11-8-21)37(33,34)30-15-13-20(3)14-16-30;/h7-12,19-20H,5-6,13-18H2,1-4H3;1H. The number of carbonyl (C=O) groups is 1. The van der Waals surface area contributed by atoms with Gasteiger partial charge < -0.3 is 9.64 Å². The van der Waals surface area contributed by atoms with E-state index < -0.39 is 10.0 Å². The molecule has 38 heavy (non-hydrogen) atoms. The molecule has 1 fully saturated rings. The van der Waals surface area contributed by atoms with Crippen LogP contribution in [0.2, 0.25) is 0 Å². The van der Waals surface area contributed by atoms with E-state index in [1.807, 2.05) is 18.2 Å². The monoisotopic (exact) mass is 580 g/mol. The van der Waals surface area contributed by atoms with Crippen LogP contribution in [-0.4, -0.2) is 74.9 Å². The number of fused-ring (bicyclic) bond motifs is 1. The number of thiazole rings is 1. The second-order valence-corrected chi connectivity index (χ2v) is 12.4. The summed E-state index contributed by atoms with van der Waals surface area (Å²) in [6.07, 6.45) is 1.73. The summed E-state index contributed by atoms with van der Waals surface area (Å²) in [6, 6.07) is 12.0. The molecule has 1 amide bonds. The first-order chi connectivity index (χ1) is 17.8. The van der Waals surface area contributed by atoms with E-state index in [0.29, 0.717) is 42.8 Å². The van der Waals surface area contributed by atoms with Gasteiger partial charge in [0.1, 0.15) is 5.75 Å². The molecule has 1 saturated heterocycles. The molecule has 0 saturated carbocycles. The lowest BCUT2D eigenvalue weighted by molar-refractivity contribution is 0.0983. The Hall–Kier alpha value is -2.24. The predicted octanol–water partition coefficient (Wildman–Crippen LogP) is 5.14. The van der Waals surface area contributed by atoms with Gasteiger partial charge in [-0.1, -0.05) is 32.1 Å². The average molecular weight is 581 g/mol. The Morgan fingerprint density at radius 2 is 1.74 bits per heavy atom. The molecule has 1 aliphatic rings. The van der Waals surface area contributed by atoms with E-state index in [9.17, 15) is 13.2 Å². The van der Waals surface area contributed by atoms with Crippen LogP contribution in [0.25, 0.3) is 10.2 Å². The van der Waals surface area contributed by atoms with Gasteiger partial charge in [-0.15, -0.1) is 12.4 Å². The van der Waals surface area contributed by atoms with E-state index in [1.165, 1.54) is 11.3 Å². The molecule has 2 aromatic carbocycles. The van der Waals surface area contributed by atoms with Crippen LogP contribution in [0.4, 0.5) is 5.13 Å². The summed E-state index contributed by atoms with van der Waals surface area (Å²) in [5, 5.41) is 0.611. The maximum atomic E-state index is 13.7. The molecule has 0 N–H and O–H groups in total. The molecule has 1 aliphatic heterocycles. The Bertz CT molecular complexity index is 1320. The summed E-state index contributed by atoms with van der Waals surface area (Å²) in [5.74, 6) is 1.08. The number of ether oxygens (including phenoxy) is 1. The number of methoxy groups -OCH3 is 1. The zero-order valence-electron chi connectivity index (χ0n) is 22.4.